The van der Waals surface area contributed by atoms with Gasteiger partial charge in [0.25, 0.3) is 5.91 Å². The number of pyridine rings is 1. The van der Waals surface area contributed by atoms with Crippen LogP contribution in [0.3, 0.4) is 0 Å². The first-order valence-electron chi connectivity index (χ1n) is 8.27. The van der Waals surface area contributed by atoms with Crippen molar-refractivity contribution in [1.29, 1.82) is 0 Å². The Morgan fingerprint density at radius 1 is 1.15 bits per heavy atom. The third-order valence-electron chi connectivity index (χ3n) is 3.92. The Bertz CT molecular complexity index is 905. The van der Waals surface area contributed by atoms with Gasteiger partial charge in [-0.25, -0.2) is 4.98 Å². The maximum atomic E-state index is 12.6. The van der Waals surface area contributed by atoms with Crippen LogP contribution < -0.4 is 10.1 Å². The molecule has 0 aliphatic heterocycles. The number of hydrogen-bond donors (Lipinski definition) is 1. The topological polar surface area (TPSA) is 54.5 Å². The molecule has 0 aliphatic rings. The van der Waals surface area contributed by atoms with E-state index in [9.17, 15) is 4.79 Å². The highest BCUT2D eigenvalue weighted by Gasteiger charge is 2.11. The van der Waals surface area contributed by atoms with E-state index < -0.39 is 0 Å². The van der Waals surface area contributed by atoms with Crippen LogP contribution in [0, 0.1) is 0 Å². The van der Waals surface area contributed by atoms with E-state index in [0.717, 1.165) is 23.1 Å². The molecule has 0 unspecified atom stereocenters. The van der Waals surface area contributed by atoms with Gasteiger partial charge in [-0.3, -0.25) is 4.79 Å². The molecule has 0 aliphatic carbocycles. The number of carbonyl (C=O) groups excluding carboxylic acids is 1. The van der Waals surface area contributed by atoms with Crippen LogP contribution in [0.25, 0.3) is 10.8 Å². The molecular weight excluding hydrogens is 350 g/mol. The fraction of sp³-hybridized carbons (Fsp3) is 0.200. The van der Waals surface area contributed by atoms with Gasteiger partial charge in [-0.05, 0) is 55.9 Å². The molecule has 6 heteroatoms. The summed E-state index contributed by atoms with van der Waals surface area (Å²) in [6.07, 6.45) is 1.64. The lowest BCUT2D eigenvalue weighted by Gasteiger charge is -2.12. The fourth-order valence-electron chi connectivity index (χ4n) is 2.53. The number of nitrogens with one attached hydrogen (secondary N) is 1. The van der Waals surface area contributed by atoms with Crippen LogP contribution in [0.1, 0.15) is 10.4 Å². The van der Waals surface area contributed by atoms with Crippen LogP contribution in [-0.2, 0) is 0 Å². The molecular formula is C20H20ClN3O2. The molecule has 5 nitrogen and oxygen atoms in total. The average Bonchev–Trinajstić information content (AvgIpc) is 2.62. The van der Waals surface area contributed by atoms with E-state index in [1.807, 2.05) is 43.3 Å². The fourth-order valence-corrected chi connectivity index (χ4v) is 2.80. The zero-order valence-electron chi connectivity index (χ0n) is 14.7. The van der Waals surface area contributed by atoms with Gasteiger partial charge in [0.2, 0.25) is 0 Å². The minimum atomic E-state index is -0.211. The number of ether oxygens (including phenoxy) is 1. The van der Waals surface area contributed by atoms with Crippen LogP contribution in [-0.4, -0.2) is 43.0 Å². The predicted octanol–water partition coefficient (Wildman–Crippen LogP) is 4.08. The molecule has 1 amide bonds. The summed E-state index contributed by atoms with van der Waals surface area (Å²) in [5, 5.41) is 4.93. The number of fused-ring (bicyclic) bond motifs is 1. The Labute approximate surface area is 157 Å². The largest absolute Gasteiger partial charge is 0.492 e. The van der Waals surface area contributed by atoms with E-state index in [4.69, 9.17) is 16.3 Å². The van der Waals surface area contributed by atoms with Gasteiger partial charge < -0.3 is 15.0 Å². The van der Waals surface area contributed by atoms with Gasteiger partial charge in [0.15, 0.2) is 0 Å². The minimum Gasteiger partial charge on any atom is -0.492 e. The summed E-state index contributed by atoms with van der Waals surface area (Å²) in [7, 11) is 3.98. The van der Waals surface area contributed by atoms with E-state index in [1.165, 1.54) is 0 Å². The summed E-state index contributed by atoms with van der Waals surface area (Å²) in [5.74, 6) is 0.526. The van der Waals surface area contributed by atoms with Gasteiger partial charge in [-0.15, -0.1) is 0 Å². The SMILES string of the molecule is CN(C)CCOc1ccc(C(=O)Nc2cccc3ccnc(Cl)c23)cc1. The molecule has 2 aromatic carbocycles. The molecule has 3 aromatic rings. The summed E-state index contributed by atoms with van der Waals surface area (Å²) in [6, 6.07) is 14.5. The van der Waals surface area contributed by atoms with E-state index in [1.54, 1.807) is 30.5 Å². The molecule has 26 heavy (non-hydrogen) atoms. The summed E-state index contributed by atoms with van der Waals surface area (Å²) in [4.78, 5) is 18.7. The molecule has 0 radical (unpaired) electrons. The molecule has 3 rings (SSSR count). The van der Waals surface area contributed by atoms with Crippen molar-refractivity contribution in [2.75, 3.05) is 32.6 Å². The number of hydrogen-bond acceptors (Lipinski definition) is 4. The van der Waals surface area contributed by atoms with Crippen molar-refractivity contribution >= 4 is 34.0 Å². The van der Waals surface area contributed by atoms with Gasteiger partial charge in [0, 0.05) is 23.7 Å². The average molecular weight is 370 g/mol. The van der Waals surface area contributed by atoms with Gasteiger partial charge >= 0.3 is 0 Å². The monoisotopic (exact) mass is 369 g/mol. The van der Waals surface area contributed by atoms with E-state index >= 15 is 0 Å². The lowest BCUT2D eigenvalue weighted by Crippen LogP contribution is -2.19. The number of carbonyl (C=O) groups is 1. The lowest BCUT2D eigenvalue weighted by molar-refractivity contribution is 0.102. The first kappa shape index (κ1) is 18.2. The Hall–Kier alpha value is -2.63. The third-order valence-corrected chi connectivity index (χ3v) is 4.20. The summed E-state index contributed by atoms with van der Waals surface area (Å²) >= 11 is 6.20. The number of likely N-dealkylation sites (N-methyl/N-ethyl adjacent to an activating group) is 1. The quantitative estimate of drug-likeness (QED) is 0.665. The van der Waals surface area contributed by atoms with Gasteiger partial charge in [0.05, 0.1) is 5.69 Å². The van der Waals surface area contributed by atoms with Crippen molar-refractivity contribution < 1.29 is 9.53 Å². The second kappa shape index (κ2) is 8.17. The lowest BCUT2D eigenvalue weighted by atomic mass is 10.1. The van der Waals surface area contributed by atoms with Crippen LogP contribution in [0.4, 0.5) is 5.69 Å². The molecule has 0 atom stereocenters. The van der Waals surface area contributed by atoms with E-state index in [2.05, 4.69) is 10.3 Å². The standard InChI is InChI=1S/C20H20ClN3O2/c1-24(2)12-13-26-16-8-6-15(7-9-16)20(25)23-17-5-3-4-14-10-11-22-19(21)18(14)17/h3-11H,12-13H2,1-2H3,(H,23,25). The zero-order chi connectivity index (χ0) is 18.5. The minimum absolute atomic E-state index is 0.211. The van der Waals surface area contributed by atoms with Gasteiger partial charge in [-0.2, -0.15) is 0 Å². The number of nitrogens with zero attached hydrogens (tertiary/aromatic N) is 2. The highest BCUT2D eigenvalue weighted by molar-refractivity contribution is 6.35. The predicted molar refractivity (Wildman–Crippen MR) is 105 cm³/mol. The first-order valence-corrected chi connectivity index (χ1v) is 8.64. The molecule has 0 fully saturated rings. The molecule has 0 saturated carbocycles. The molecule has 1 aromatic heterocycles. The molecule has 1 N–H and O–H groups in total. The van der Waals surface area contributed by atoms with Crippen molar-refractivity contribution in [2.24, 2.45) is 0 Å². The number of amides is 1. The molecule has 134 valence electrons. The van der Waals surface area contributed by atoms with Crippen LogP contribution in [0.15, 0.2) is 54.7 Å². The van der Waals surface area contributed by atoms with Crippen LogP contribution in [0.2, 0.25) is 5.15 Å². The van der Waals surface area contributed by atoms with Crippen molar-refractivity contribution in [1.82, 2.24) is 9.88 Å². The molecule has 0 bridgehead atoms. The number of aromatic nitrogens is 1. The summed E-state index contributed by atoms with van der Waals surface area (Å²) in [6.45, 7) is 1.43. The van der Waals surface area contributed by atoms with Gasteiger partial charge in [0.1, 0.15) is 17.5 Å². The Morgan fingerprint density at radius 3 is 2.65 bits per heavy atom. The Kier molecular flexibility index (Phi) is 5.71. The molecule has 1 heterocycles. The zero-order valence-corrected chi connectivity index (χ0v) is 15.5. The van der Waals surface area contributed by atoms with Crippen LogP contribution in [0.5, 0.6) is 5.75 Å². The highest BCUT2D eigenvalue weighted by Crippen LogP contribution is 2.29. The number of rotatable bonds is 6. The first-order chi connectivity index (χ1) is 12.5. The second-order valence-corrected chi connectivity index (χ2v) is 6.49. The van der Waals surface area contributed by atoms with Crippen molar-refractivity contribution in [2.45, 2.75) is 0 Å². The maximum absolute atomic E-state index is 12.6. The second-order valence-electron chi connectivity index (χ2n) is 6.14. The summed E-state index contributed by atoms with van der Waals surface area (Å²) in [5.41, 5.74) is 1.18. The van der Waals surface area contributed by atoms with Crippen LogP contribution >= 0.6 is 11.6 Å². The smallest absolute Gasteiger partial charge is 0.255 e. The number of benzene rings is 2. The number of anilines is 1. The van der Waals surface area contributed by atoms with Crippen molar-refractivity contribution in [3.05, 3.63) is 65.4 Å². The Morgan fingerprint density at radius 2 is 1.92 bits per heavy atom. The van der Waals surface area contributed by atoms with Crippen molar-refractivity contribution in [3.63, 3.8) is 0 Å². The van der Waals surface area contributed by atoms with Crippen molar-refractivity contribution in [3.8, 4) is 5.75 Å². The molecule has 0 saturated heterocycles. The third kappa shape index (κ3) is 4.31. The van der Waals surface area contributed by atoms with Gasteiger partial charge in [-0.1, -0.05) is 23.7 Å². The van der Waals surface area contributed by atoms with E-state index in [-0.39, 0.29) is 5.91 Å². The maximum Gasteiger partial charge on any atom is 0.255 e. The van der Waals surface area contributed by atoms with E-state index in [0.29, 0.717) is 23.0 Å². The highest BCUT2D eigenvalue weighted by atomic mass is 35.5. The Balaban J connectivity index is 1.73. The summed E-state index contributed by atoms with van der Waals surface area (Å²) < 4.78 is 5.64. The molecule has 0 spiro atoms. The number of halogens is 1. The normalized spacial score (nSPS) is 10.9.